The van der Waals surface area contributed by atoms with Crippen LogP contribution in [0.25, 0.3) is 11.1 Å². The molecule has 2 aromatic rings. The fourth-order valence-electron chi connectivity index (χ4n) is 1.64. The van der Waals surface area contributed by atoms with Crippen molar-refractivity contribution in [3.05, 3.63) is 53.8 Å². The summed E-state index contributed by atoms with van der Waals surface area (Å²) in [5, 5.41) is 0. The lowest BCUT2D eigenvalue weighted by Crippen LogP contribution is -2.05. The van der Waals surface area contributed by atoms with E-state index in [1.54, 1.807) is 0 Å². The lowest BCUT2D eigenvalue weighted by Gasteiger charge is -2.12. The van der Waals surface area contributed by atoms with Gasteiger partial charge in [-0.1, -0.05) is 24.3 Å². The van der Waals surface area contributed by atoms with Crippen molar-refractivity contribution in [3.8, 4) is 16.9 Å². The molecular weight excluding hydrogens is 267 g/mol. The van der Waals surface area contributed by atoms with Crippen LogP contribution >= 0.6 is 0 Å². The summed E-state index contributed by atoms with van der Waals surface area (Å²) in [6.07, 6.45) is 0. The standard InChI is InChI=1S/C13H7F5O/c14-9-5-1-3-7(11(9)16)8-4-2-6-10(15)12(8)19-13(17)18/h1-6,13H. The van der Waals surface area contributed by atoms with E-state index in [0.717, 1.165) is 18.2 Å². The van der Waals surface area contributed by atoms with E-state index in [0.29, 0.717) is 0 Å². The zero-order valence-electron chi connectivity index (χ0n) is 9.34. The number of para-hydroxylation sites is 1. The summed E-state index contributed by atoms with van der Waals surface area (Å²) in [7, 11) is 0. The summed E-state index contributed by atoms with van der Waals surface area (Å²) in [6, 6.07) is 6.44. The Labute approximate surface area is 105 Å². The van der Waals surface area contributed by atoms with Crippen LogP contribution < -0.4 is 4.74 Å². The summed E-state index contributed by atoms with van der Waals surface area (Å²) < 4.78 is 68.6. The Bertz CT molecular complexity index is 598. The summed E-state index contributed by atoms with van der Waals surface area (Å²) in [4.78, 5) is 0. The van der Waals surface area contributed by atoms with Gasteiger partial charge in [-0.2, -0.15) is 8.78 Å². The molecule has 0 unspecified atom stereocenters. The lowest BCUT2D eigenvalue weighted by atomic mass is 10.0. The minimum atomic E-state index is -3.27. The van der Waals surface area contributed by atoms with E-state index in [9.17, 15) is 22.0 Å². The van der Waals surface area contributed by atoms with Crippen LogP contribution in [0.2, 0.25) is 0 Å². The Morgan fingerprint density at radius 2 is 1.37 bits per heavy atom. The third kappa shape index (κ3) is 2.67. The predicted molar refractivity (Wildman–Crippen MR) is 58.4 cm³/mol. The van der Waals surface area contributed by atoms with Crippen molar-refractivity contribution in [2.75, 3.05) is 0 Å². The van der Waals surface area contributed by atoms with Gasteiger partial charge in [-0.15, -0.1) is 0 Å². The highest BCUT2D eigenvalue weighted by molar-refractivity contribution is 5.71. The number of alkyl halides is 2. The quantitative estimate of drug-likeness (QED) is 0.755. The molecule has 0 saturated carbocycles. The Morgan fingerprint density at radius 1 is 0.789 bits per heavy atom. The second-order valence-electron chi connectivity index (χ2n) is 3.60. The molecule has 6 heteroatoms. The topological polar surface area (TPSA) is 9.23 Å². The molecule has 0 N–H and O–H groups in total. The molecule has 0 heterocycles. The first-order valence-electron chi connectivity index (χ1n) is 5.18. The maximum atomic E-state index is 13.6. The highest BCUT2D eigenvalue weighted by Crippen LogP contribution is 2.35. The number of ether oxygens (including phenoxy) is 1. The molecular formula is C13H7F5O. The van der Waals surface area contributed by atoms with E-state index >= 15 is 0 Å². The van der Waals surface area contributed by atoms with Crippen LogP contribution in [-0.4, -0.2) is 6.61 Å². The van der Waals surface area contributed by atoms with Gasteiger partial charge < -0.3 is 4.74 Å². The zero-order chi connectivity index (χ0) is 14.0. The number of rotatable bonds is 3. The minimum absolute atomic E-state index is 0.280. The summed E-state index contributed by atoms with van der Waals surface area (Å²) in [5.74, 6) is -4.32. The van der Waals surface area contributed by atoms with Crippen molar-refractivity contribution < 1.29 is 26.7 Å². The van der Waals surface area contributed by atoms with Gasteiger partial charge in [0, 0.05) is 11.1 Å². The molecule has 1 nitrogen and oxygen atoms in total. The van der Waals surface area contributed by atoms with E-state index in [-0.39, 0.29) is 11.1 Å². The van der Waals surface area contributed by atoms with Gasteiger partial charge in [-0.25, -0.2) is 13.2 Å². The molecule has 0 fully saturated rings. The van der Waals surface area contributed by atoms with Gasteiger partial charge in [-0.05, 0) is 12.1 Å². The third-order valence-electron chi connectivity index (χ3n) is 2.42. The highest BCUT2D eigenvalue weighted by Gasteiger charge is 2.19. The van der Waals surface area contributed by atoms with Crippen LogP contribution in [-0.2, 0) is 0 Å². The van der Waals surface area contributed by atoms with Crippen LogP contribution in [0.5, 0.6) is 5.75 Å². The minimum Gasteiger partial charge on any atom is -0.431 e. The van der Waals surface area contributed by atoms with Gasteiger partial charge in [-0.3, -0.25) is 0 Å². The van der Waals surface area contributed by atoms with E-state index in [2.05, 4.69) is 4.74 Å². The number of benzene rings is 2. The lowest BCUT2D eigenvalue weighted by molar-refractivity contribution is -0.0517. The summed E-state index contributed by atoms with van der Waals surface area (Å²) in [5.41, 5.74) is -0.632. The maximum absolute atomic E-state index is 13.6. The van der Waals surface area contributed by atoms with Crippen molar-refractivity contribution in [1.29, 1.82) is 0 Å². The Hall–Kier alpha value is -2.11. The molecule has 19 heavy (non-hydrogen) atoms. The molecule has 0 aliphatic heterocycles. The van der Waals surface area contributed by atoms with Crippen molar-refractivity contribution in [3.63, 3.8) is 0 Å². The number of hydrogen-bond donors (Lipinski definition) is 0. The van der Waals surface area contributed by atoms with Crippen LogP contribution in [0.1, 0.15) is 0 Å². The molecule has 0 atom stereocenters. The smallest absolute Gasteiger partial charge is 0.387 e. The van der Waals surface area contributed by atoms with Crippen molar-refractivity contribution >= 4 is 0 Å². The average Bonchev–Trinajstić information content (AvgIpc) is 2.35. The summed E-state index contributed by atoms with van der Waals surface area (Å²) >= 11 is 0. The van der Waals surface area contributed by atoms with E-state index in [1.807, 2.05) is 0 Å². The van der Waals surface area contributed by atoms with Gasteiger partial charge in [0.15, 0.2) is 23.2 Å². The van der Waals surface area contributed by atoms with Crippen molar-refractivity contribution in [2.24, 2.45) is 0 Å². The highest BCUT2D eigenvalue weighted by atomic mass is 19.3. The first-order valence-corrected chi connectivity index (χ1v) is 5.18. The molecule has 0 aliphatic rings. The first-order chi connectivity index (χ1) is 9.00. The van der Waals surface area contributed by atoms with Crippen LogP contribution in [0, 0.1) is 17.5 Å². The molecule has 0 radical (unpaired) electrons. The van der Waals surface area contributed by atoms with Crippen LogP contribution in [0.15, 0.2) is 36.4 Å². The van der Waals surface area contributed by atoms with E-state index in [1.165, 1.54) is 18.2 Å². The zero-order valence-corrected chi connectivity index (χ0v) is 9.34. The van der Waals surface area contributed by atoms with Crippen molar-refractivity contribution in [2.45, 2.75) is 6.61 Å². The van der Waals surface area contributed by atoms with Crippen molar-refractivity contribution in [1.82, 2.24) is 0 Å². The van der Waals surface area contributed by atoms with E-state index < -0.39 is 29.8 Å². The largest absolute Gasteiger partial charge is 0.431 e. The normalized spacial score (nSPS) is 10.8. The molecule has 2 rings (SSSR count). The second-order valence-corrected chi connectivity index (χ2v) is 3.60. The van der Waals surface area contributed by atoms with Gasteiger partial charge in [0.1, 0.15) is 0 Å². The molecule has 0 aromatic heterocycles. The Balaban J connectivity index is 2.62. The monoisotopic (exact) mass is 274 g/mol. The molecule has 0 aliphatic carbocycles. The van der Waals surface area contributed by atoms with Crippen LogP contribution in [0.4, 0.5) is 22.0 Å². The van der Waals surface area contributed by atoms with Gasteiger partial charge in [0.25, 0.3) is 0 Å². The first kappa shape index (κ1) is 13.3. The molecule has 0 saturated heterocycles. The van der Waals surface area contributed by atoms with Gasteiger partial charge >= 0.3 is 6.61 Å². The second kappa shape index (κ2) is 5.26. The maximum Gasteiger partial charge on any atom is 0.387 e. The predicted octanol–water partition coefficient (Wildman–Crippen LogP) is 4.37. The molecule has 0 spiro atoms. The fourth-order valence-corrected chi connectivity index (χ4v) is 1.64. The molecule has 0 bridgehead atoms. The number of halogens is 5. The molecule has 2 aromatic carbocycles. The third-order valence-corrected chi connectivity index (χ3v) is 2.42. The van der Waals surface area contributed by atoms with Gasteiger partial charge in [0.05, 0.1) is 0 Å². The summed E-state index contributed by atoms with van der Waals surface area (Å²) in [6.45, 7) is -3.27. The molecule has 0 amide bonds. The van der Waals surface area contributed by atoms with E-state index in [4.69, 9.17) is 0 Å². The average molecular weight is 274 g/mol. The number of hydrogen-bond acceptors (Lipinski definition) is 1. The Kier molecular flexibility index (Phi) is 3.69. The fraction of sp³-hybridized carbons (Fsp3) is 0.0769. The molecule has 100 valence electrons. The van der Waals surface area contributed by atoms with Crippen LogP contribution in [0.3, 0.4) is 0 Å². The SMILES string of the molecule is Fc1cccc(-c2cccc(F)c2OC(F)F)c1F. The Morgan fingerprint density at radius 3 is 2.00 bits per heavy atom. The van der Waals surface area contributed by atoms with Gasteiger partial charge in [0.2, 0.25) is 0 Å².